The molecular formula is C12H14O2. The fourth-order valence-electron chi connectivity index (χ4n) is 1.25. The topological polar surface area (TPSA) is 29.5 Å². The molecule has 2 nitrogen and oxygen atoms in total. The Hall–Kier alpha value is -1.46. The molecule has 0 saturated carbocycles. The molecule has 1 atom stereocenters. The number of terminal acetylenes is 1. The van der Waals surface area contributed by atoms with E-state index in [4.69, 9.17) is 11.2 Å². The van der Waals surface area contributed by atoms with Crippen LogP contribution in [0.1, 0.15) is 18.9 Å². The van der Waals surface area contributed by atoms with Crippen molar-refractivity contribution in [3.63, 3.8) is 0 Å². The van der Waals surface area contributed by atoms with Crippen molar-refractivity contribution in [2.24, 2.45) is 0 Å². The Labute approximate surface area is 84.5 Å². The maximum Gasteiger partial charge on any atom is 0.118 e. The molecule has 0 fully saturated rings. The van der Waals surface area contributed by atoms with Crippen molar-refractivity contribution >= 4 is 0 Å². The molecule has 1 N–H and O–H groups in total. The standard InChI is InChI=1S/C12H14O2/c1-4-9-12(2,13)10-5-7-11(14-3)8-6-10/h1,5-8,13H,9H2,2-3H3. The minimum Gasteiger partial charge on any atom is -0.497 e. The van der Waals surface area contributed by atoms with Gasteiger partial charge in [0.1, 0.15) is 5.75 Å². The number of hydrogen-bond acceptors (Lipinski definition) is 2. The average molecular weight is 190 g/mol. The van der Waals surface area contributed by atoms with Gasteiger partial charge in [-0.05, 0) is 24.6 Å². The first kappa shape index (κ1) is 10.6. The van der Waals surface area contributed by atoms with Crippen molar-refractivity contribution in [2.45, 2.75) is 18.9 Å². The summed E-state index contributed by atoms with van der Waals surface area (Å²) in [4.78, 5) is 0. The molecule has 1 rings (SSSR count). The fourth-order valence-corrected chi connectivity index (χ4v) is 1.25. The Kier molecular flexibility index (Phi) is 3.16. The molecule has 0 aromatic heterocycles. The van der Waals surface area contributed by atoms with Gasteiger partial charge in [0.2, 0.25) is 0 Å². The van der Waals surface area contributed by atoms with Gasteiger partial charge in [0, 0.05) is 6.42 Å². The molecule has 74 valence electrons. The zero-order valence-electron chi connectivity index (χ0n) is 8.45. The van der Waals surface area contributed by atoms with Crippen molar-refractivity contribution in [3.8, 4) is 18.1 Å². The summed E-state index contributed by atoms with van der Waals surface area (Å²) in [6, 6.07) is 7.24. The third-order valence-corrected chi connectivity index (χ3v) is 2.16. The van der Waals surface area contributed by atoms with Crippen LogP contribution in [0.5, 0.6) is 5.75 Å². The van der Waals surface area contributed by atoms with E-state index in [1.54, 1.807) is 26.2 Å². The van der Waals surface area contributed by atoms with E-state index in [0.29, 0.717) is 6.42 Å². The van der Waals surface area contributed by atoms with Crippen molar-refractivity contribution in [3.05, 3.63) is 29.8 Å². The van der Waals surface area contributed by atoms with Crippen LogP contribution >= 0.6 is 0 Å². The second-order valence-corrected chi connectivity index (χ2v) is 3.38. The fraction of sp³-hybridized carbons (Fsp3) is 0.333. The number of hydrogen-bond donors (Lipinski definition) is 1. The van der Waals surface area contributed by atoms with Gasteiger partial charge in [0.05, 0.1) is 12.7 Å². The molecule has 0 amide bonds. The van der Waals surface area contributed by atoms with Crippen molar-refractivity contribution in [1.82, 2.24) is 0 Å². The Morgan fingerprint density at radius 3 is 2.43 bits per heavy atom. The Balaban J connectivity index is 2.92. The van der Waals surface area contributed by atoms with E-state index in [1.165, 1.54) is 0 Å². The number of aliphatic hydroxyl groups is 1. The van der Waals surface area contributed by atoms with Gasteiger partial charge in [-0.25, -0.2) is 0 Å². The van der Waals surface area contributed by atoms with Crippen LogP contribution in [-0.4, -0.2) is 12.2 Å². The summed E-state index contributed by atoms with van der Waals surface area (Å²) in [7, 11) is 1.61. The van der Waals surface area contributed by atoms with Crippen LogP contribution < -0.4 is 4.74 Å². The summed E-state index contributed by atoms with van der Waals surface area (Å²) in [5, 5.41) is 9.97. The van der Waals surface area contributed by atoms with Gasteiger partial charge in [0.15, 0.2) is 0 Å². The van der Waals surface area contributed by atoms with Crippen LogP contribution in [0.4, 0.5) is 0 Å². The number of methoxy groups -OCH3 is 1. The lowest BCUT2D eigenvalue weighted by molar-refractivity contribution is 0.0629. The zero-order chi connectivity index (χ0) is 10.6. The van der Waals surface area contributed by atoms with Crippen LogP contribution in [-0.2, 0) is 5.60 Å². The van der Waals surface area contributed by atoms with Crippen molar-refractivity contribution in [2.75, 3.05) is 7.11 Å². The highest BCUT2D eigenvalue weighted by molar-refractivity contribution is 5.31. The second kappa shape index (κ2) is 4.17. The van der Waals surface area contributed by atoms with Crippen LogP contribution in [0, 0.1) is 12.3 Å². The van der Waals surface area contributed by atoms with Crippen molar-refractivity contribution in [1.29, 1.82) is 0 Å². The molecule has 0 spiro atoms. The van der Waals surface area contributed by atoms with Gasteiger partial charge in [0.25, 0.3) is 0 Å². The van der Waals surface area contributed by atoms with Gasteiger partial charge in [-0.2, -0.15) is 0 Å². The number of ether oxygens (including phenoxy) is 1. The van der Waals surface area contributed by atoms with E-state index < -0.39 is 5.60 Å². The summed E-state index contributed by atoms with van der Waals surface area (Å²) in [6.07, 6.45) is 5.48. The normalized spacial score (nSPS) is 14.1. The average Bonchev–Trinajstić information content (AvgIpc) is 2.18. The van der Waals surface area contributed by atoms with Gasteiger partial charge in [-0.15, -0.1) is 12.3 Å². The molecule has 0 heterocycles. The molecule has 1 unspecified atom stereocenters. The van der Waals surface area contributed by atoms with Crippen molar-refractivity contribution < 1.29 is 9.84 Å². The van der Waals surface area contributed by atoms with E-state index >= 15 is 0 Å². The monoisotopic (exact) mass is 190 g/mol. The summed E-state index contributed by atoms with van der Waals surface area (Å²) in [5.41, 5.74) is -0.155. The van der Waals surface area contributed by atoms with Crippen LogP contribution in [0.25, 0.3) is 0 Å². The molecule has 14 heavy (non-hydrogen) atoms. The van der Waals surface area contributed by atoms with Crippen LogP contribution in [0.2, 0.25) is 0 Å². The summed E-state index contributed by atoms with van der Waals surface area (Å²) in [5.74, 6) is 3.22. The quantitative estimate of drug-likeness (QED) is 0.738. The minimum absolute atomic E-state index is 0.305. The molecule has 0 bridgehead atoms. The van der Waals surface area contributed by atoms with E-state index in [0.717, 1.165) is 11.3 Å². The summed E-state index contributed by atoms with van der Waals surface area (Å²) >= 11 is 0. The molecule has 1 aromatic rings. The van der Waals surface area contributed by atoms with E-state index in [1.807, 2.05) is 12.1 Å². The lowest BCUT2D eigenvalue weighted by atomic mass is 9.93. The number of rotatable bonds is 3. The third-order valence-electron chi connectivity index (χ3n) is 2.16. The maximum atomic E-state index is 9.97. The molecular weight excluding hydrogens is 176 g/mol. The molecule has 0 aliphatic carbocycles. The summed E-state index contributed by atoms with van der Waals surface area (Å²) < 4.78 is 5.02. The highest BCUT2D eigenvalue weighted by atomic mass is 16.5. The predicted molar refractivity (Wildman–Crippen MR) is 56.0 cm³/mol. The lowest BCUT2D eigenvalue weighted by Gasteiger charge is -2.21. The first-order valence-corrected chi connectivity index (χ1v) is 4.40. The van der Waals surface area contributed by atoms with Gasteiger partial charge in [-0.1, -0.05) is 12.1 Å². The summed E-state index contributed by atoms with van der Waals surface area (Å²) in [6.45, 7) is 1.70. The molecule has 0 saturated heterocycles. The Morgan fingerprint density at radius 1 is 1.43 bits per heavy atom. The highest BCUT2D eigenvalue weighted by Gasteiger charge is 2.21. The first-order valence-electron chi connectivity index (χ1n) is 4.40. The van der Waals surface area contributed by atoms with E-state index in [2.05, 4.69) is 5.92 Å². The largest absolute Gasteiger partial charge is 0.497 e. The molecule has 0 radical (unpaired) electrons. The maximum absolute atomic E-state index is 9.97. The van der Waals surface area contributed by atoms with Crippen LogP contribution in [0.3, 0.4) is 0 Å². The third kappa shape index (κ3) is 2.27. The SMILES string of the molecule is C#CCC(C)(O)c1ccc(OC)cc1. The minimum atomic E-state index is -0.957. The molecule has 0 aliphatic heterocycles. The predicted octanol–water partition coefficient (Wildman–Crippen LogP) is 1.93. The zero-order valence-corrected chi connectivity index (χ0v) is 8.45. The van der Waals surface area contributed by atoms with Gasteiger partial charge < -0.3 is 9.84 Å². The Bertz CT molecular complexity index is 330. The molecule has 1 aromatic carbocycles. The lowest BCUT2D eigenvalue weighted by Crippen LogP contribution is -2.19. The highest BCUT2D eigenvalue weighted by Crippen LogP contribution is 2.25. The molecule has 2 heteroatoms. The van der Waals surface area contributed by atoms with Gasteiger partial charge in [-0.3, -0.25) is 0 Å². The second-order valence-electron chi connectivity index (χ2n) is 3.38. The molecule has 0 aliphatic rings. The van der Waals surface area contributed by atoms with Crippen LogP contribution in [0.15, 0.2) is 24.3 Å². The first-order chi connectivity index (χ1) is 6.60. The smallest absolute Gasteiger partial charge is 0.118 e. The Morgan fingerprint density at radius 2 is 2.00 bits per heavy atom. The van der Waals surface area contributed by atoms with Gasteiger partial charge >= 0.3 is 0 Å². The number of benzene rings is 1. The van der Waals surface area contributed by atoms with E-state index in [-0.39, 0.29) is 0 Å². The van der Waals surface area contributed by atoms with E-state index in [9.17, 15) is 5.11 Å².